The highest BCUT2D eigenvalue weighted by atomic mass is 32.2. The Balaban J connectivity index is 2.36. The molecule has 1 N–H and O–H groups in total. The monoisotopic (exact) mass is 337 g/mol. The molecule has 0 aromatic heterocycles. The van der Waals surface area contributed by atoms with Gasteiger partial charge in [-0.05, 0) is 39.2 Å². The lowest BCUT2D eigenvalue weighted by atomic mass is 9.77. The lowest BCUT2D eigenvalue weighted by Crippen LogP contribution is -2.43. The highest BCUT2D eigenvalue weighted by molar-refractivity contribution is 7.90. The summed E-state index contributed by atoms with van der Waals surface area (Å²) in [5.74, 6) is -0.304. The van der Waals surface area contributed by atoms with Crippen LogP contribution in [0.4, 0.5) is 0 Å². The van der Waals surface area contributed by atoms with Crippen molar-refractivity contribution in [2.45, 2.75) is 38.0 Å². The number of nitrogens with zero attached hydrogens (tertiary/aromatic N) is 1. The summed E-state index contributed by atoms with van der Waals surface area (Å²) >= 11 is 0. The molecule has 1 saturated heterocycles. The Morgan fingerprint density at radius 2 is 1.74 bits per heavy atom. The van der Waals surface area contributed by atoms with Crippen molar-refractivity contribution in [3.8, 4) is 0 Å². The quantitative estimate of drug-likeness (QED) is 0.860. The number of hydrogen-bond acceptors (Lipinski definition) is 3. The van der Waals surface area contributed by atoms with Gasteiger partial charge in [-0.3, -0.25) is 0 Å². The van der Waals surface area contributed by atoms with Crippen LogP contribution in [0.1, 0.15) is 33.3 Å². The van der Waals surface area contributed by atoms with Gasteiger partial charge in [-0.25, -0.2) is 12.7 Å². The van der Waals surface area contributed by atoms with Crippen molar-refractivity contribution in [2.24, 2.45) is 11.8 Å². The summed E-state index contributed by atoms with van der Waals surface area (Å²) in [7, 11) is -3.42. The zero-order valence-corrected chi connectivity index (χ0v) is 15.2. The molecule has 128 valence electrons. The number of benzene rings is 1. The van der Waals surface area contributed by atoms with Gasteiger partial charge in [0.15, 0.2) is 0 Å². The summed E-state index contributed by atoms with van der Waals surface area (Å²) in [6, 6.07) is 9.41. The van der Waals surface area contributed by atoms with Crippen molar-refractivity contribution in [3.05, 3.63) is 48.6 Å². The van der Waals surface area contributed by atoms with Gasteiger partial charge in [-0.2, -0.15) is 0 Å². The largest absolute Gasteiger partial charge is 0.385 e. The molecule has 0 spiro atoms. The smallest absolute Gasteiger partial charge is 0.219 e. The lowest BCUT2D eigenvalue weighted by molar-refractivity contribution is -0.0102. The average Bonchev–Trinajstić information content (AvgIpc) is 2.92. The van der Waals surface area contributed by atoms with Crippen molar-refractivity contribution in [2.75, 3.05) is 13.1 Å². The number of sulfonamides is 1. The van der Waals surface area contributed by atoms with E-state index in [1.165, 1.54) is 4.31 Å². The van der Waals surface area contributed by atoms with Crippen molar-refractivity contribution < 1.29 is 13.5 Å². The Morgan fingerprint density at radius 1 is 1.17 bits per heavy atom. The Labute approximate surface area is 139 Å². The highest BCUT2D eigenvalue weighted by Crippen LogP contribution is 2.41. The van der Waals surface area contributed by atoms with Gasteiger partial charge in [0.05, 0.1) is 10.3 Å². The number of rotatable bonds is 4. The molecule has 1 heterocycles. The molecule has 1 aliphatic rings. The van der Waals surface area contributed by atoms with Gasteiger partial charge in [0.25, 0.3) is 0 Å². The first-order chi connectivity index (χ1) is 10.5. The molecule has 3 atom stereocenters. The minimum absolute atomic E-state index is 0.0812. The maximum atomic E-state index is 12.7. The molecule has 2 rings (SSSR count). The molecule has 4 nitrogen and oxygen atoms in total. The van der Waals surface area contributed by atoms with Gasteiger partial charge in [-0.1, -0.05) is 36.4 Å². The molecule has 0 amide bonds. The van der Waals surface area contributed by atoms with Crippen LogP contribution >= 0.6 is 0 Å². The Bertz CT molecular complexity index is 659. The van der Waals surface area contributed by atoms with Gasteiger partial charge in [0.2, 0.25) is 10.0 Å². The second-order valence-electron chi connectivity index (χ2n) is 7.45. The molecule has 23 heavy (non-hydrogen) atoms. The van der Waals surface area contributed by atoms with E-state index in [1.807, 2.05) is 30.3 Å². The number of aliphatic hydroxyl groups is 1. The van der Waals surface area contributed by atoms with E-state index in [0.29, 0.717) is 13.1 Å². The van der Waals surface area contributed by atoms with Gasteiger partial charge >= 0.3 is 0 Å². The third kappa shape index (κ3) is 3.23. The zero-order valence-electron chi connectivity index (χ0n) is 14.4. The molecule has 1 fully saturated rings. The summed E-state index contributed by atoms with van der Waals surface area (Å²) in [5, 5.41) is 11.1. The number of hydrogen-bond donors (Lipinski definition) is 1. The molecular formula is C18H27NO3S. The van der Waals surface area contributed by atoms with Gasteiger partial charge in [0, 0.05) is 19.0 Å². The summed E-state index contributed by atoms with van der Waals surface area (Å²) in [5.41, 5.74) is -0.311. The third-order valence-electron chi connectivity index (χ3n) is 4.83. The summed E-state index contributed by atoms with van der Waals surface area (Å²) in [4.78, 5) is 0. The summed E-state index contributed by atoms with van der Waals surface area (Å²) < 4.78 is 26.1. The minimum atomic E-state index is -3.42. The summed E-state index contributed by atoms with van der Waals surface area (Å²) in [6.45, 7) is 11.4. The Hall–Kier alpha value is -1.17. The SMILES string of the molecule is C=CC1CN(S(=O)(=O)C(C)(C)C)CC1C(C)(O)c1ccccc1. The van der Waals surface area contributed by atoms with E-state index in [-0.39, 0.29) is 11.8 Å². The molecule has 1 aromatic carbocycles. The molecule has 5 heteroatoms. The molecule has 0 saturated carbocycles. The van der Waals surface area contributed by atoms with Gasteiger partial charge < -0.3 is 5.11 Å². The molecule has 3 unspecified atom stereocenters. The predicted molar refractivity (Wildman–Crippen MR) is 93.4 cm³/mol. The van der Waals surface area contributed by atoms with E-state index < -0.39 is 20.4 Å². The van der Waals surface area contributed by atoms with Crippen LogP contribution < -0.4 is 0 Å². The maximum Gasteiger partial charge on any atom is 0.219 e. The van der Waals surface area contributed by atoms with Crippen LogP contribution in [0.2, 0.25) is 0 Å². The second-order valence-corrected chi connectivity index (χ2v) is 10.1. The van der Waals surface area contributed by atoms with Crippen LogP contribution in [-0.2, 0) is 15.6 Å². The van der Waals surface area contributed by atoms with Crippen molar-refractivity contribution in [3.63, 3.8) is 0 Å². The van der Waals surface area contributed by atoms with Crippen LogP contribution in [0.15, 0.2) is 43.0 Å². The molecule has 0 radical (unpaired) electrons. The van der Waals surface area contributed by atoms with E-state index in [1.54, 1.807) is 33.8 Å². The lowest BCUT2D eigenvalue weighted by Gasteiger charge is -2.33. The first-order valence-electron chi connectivity index (χ1n) is 7.92. The van der Waals surface area contributed by atoms with E-state index in [4.69, 9.17) is 0 Å². The van der Waals surface area contributed by atoms with Crippen LogP contribution in [0.5, 0.6) is 0 Å². The average molecular weight is 337 g/mol. The molecule has 1 aromatic rings. The Morgan fingerprint density at radius 3 is 2.22 bits per heavy atom. The molecule has 0 bridgehead atoms. The van der Waals surface area contributed by atoms with Crippen LogP contribution in [0, 0.1) is 11.8 Å². The summed E-state index contributed by atoms with van der Waals surface area (Å²) in [6.07, 6.45) is 1.76. The zero-order chi connectivity index (χ0) is 17.5. The third-order valence-corrected chi connectivity index (χ3v) is 7.35. The van der Waals surface area contributed by atoms with Crippen LogP contribution in [0.25, 0.3) is 0 Å². The van der Waals surface area contributed by atoms with Crippen molar-refractivity contribution >= 4 is 10.0 Å². The van der Waals surface area contributed by atoms with Crippen LogP contribution in [0.3, 0.4) is 0 Å². The topological polar surface area (TPSA) is 57.6 Å². The highest BCUT2D eigenvalue weighted by Gasteiger charge is 2.48. The first-order valence-corrected chi connectivity index (χ1v) is 9.36. The standard InChI is InChI=1S/C18H27NO3S/c1-6-14-12-19(23(21,22)17(2,3)4)13-16(14)18(5,20)15-10-8-7-9-11-15/h6-11,14,16,20H,1,12-13H2,2-5H3. The fourth-order valence-corrected chi connectivity index (χ4v) is 4.70. The predicted octanol–water partition coefficient (Wildman–Crippen LogP) is 2.76. The van der Waals surface area contributed by atoms with E-state index >= 15 is 0 Å². The van der Waals surface area contributed by atoms with E-state index in [0.717, 1.165) is 5.56 Å². The normalized spacial score (nSPS) is 26.0. The van der Waals surface area contributed by atoms with Gasteiger partial charge in [0.1, 0.15) is 0 Å². The fourth-order valence-electron chi connectivity index (χ4n) is 3.20. The fraction of sp³-hybridized carbons (Fsp3) is 0.556. The first kappa shape index (κ1) is 18.2. The minimum Gasteiger partial charge on any atom is -0.385 e. The molecular weight excluding hydrogens is 310 g/mol. The molecule has 0 aliphatic carbocycles. The van der Waals surface area contributed by atoms with E-state index in [9.17, 15) is 13.5 Å². The Kier molecular flexibility index (Phi) is 4.77. The van der Waals surface area contributed by atoms with Crippen molar-refractivity contribution in [1.29, 1.82) is 0 Å². The van der Waals surface area contributed by atoms with Crippen molar-refractivity contribution in [1.82, 2.24) is 4.31 Å². The van der Waals surface area contributed by atoms with Gasteiger partial charge in [-0.15, -0.1) is 6.58 Å². The molecule has 1 aliphatic heterocycles. The van der Waals surface area contributed by atoms with E-state index in [2.05, 4.69) is 6.58 Å². The maximum absolute atomic E-state index is 12.7. The van der Waals surface area contributed by atoms with Crippen LogP contribution in [-0.4, -0.2) is 35.7 Å². The second kappa shape index (κ2) is 6.04.